The first-order chi connectivity index (χ1) is 8.89. The summed E-state index contributed by atoms with van der Waals surface area (Å²) in [4.78, 5) is 4.46. The van der Waals surface area contributed by atoms with Crippen LogP contribution in [0.4, 0.5) is 0 Å². The van der Waals surface area contributed by atoms with Crippen molar-refractivity contribution in [2.75, 3.05) is 51.0 Å². The summed E-state index contributed by atoms with van der Waals surface area (Å²) in [5.41, 5.74) is 5.90. The van der Waals surface area contributed by atoms with Crippen molar-refractivity contribution in [3.05, 3.63) is 0 Å². The Kier molecular flexibility index (Phi) is 4.83. The molecule has 2 heterocycles. The number of sulfone groups is 1. The highest BCUT2D eigenvalue weighted by molar-refractivity contribution is 8.00. The van der Waals surface area contributed by atoms with Crippen molar-refractivity contribution in [3.8, 4) is 0 Å². The average Bonchev–Trinajstić information content (AvgIpc) is 2.37. The van der Waals surface area contributed by atoms with Crippen molar-refractivity contribution in [3.63, 3.8) is 0 Å². The molecule has 2 fully saturated rings. The molecule has 0 radical (unpaired) electrons. The molecule has 0 spiro atoms. The number of likely N-dealkylation sites (N-methyl/N-ethyl adjacent to an activating group) is 1. The molecule has 7 heteroatoms. The predicted octanol–water partition coefficient (Wildman–Crippen LogP) is -0.171. The summed E-state index contributed by atoms with van der Waals surface area (Å²) in [5.74, 6) is 1.67. The Morgan fingerprint density at radius 2 is 2.16 bits per heavy atom. The number of rotatable bonds is 3. The molecule has 0 aromatic carbocycles. The van der Waals surface area contributed by atoms with Gasteiger partial charge in [-0.2, -0.15) is 11.8 Å². The Morgan fingerprint density at radius 1 is 1.42 bits per heavy atom. The van der Waals surface area contributed by atoms with Crippen molar-refractivity contribution in [2.24, 2.45) is 5.73 Å². The van der Waals surface area contributed by atoms with Crippen LogP contribution in [-0.2, 0) is 9.84 Å². The van der Waals surface area contributed by atoms with Crippen LogP contribution >= 0.6 is 11.8 Å². The van der Waals surface area contributed by atoms with E-state index < -0.39 is 9.84 Å². The molecular formula is C12H25N3O2S2. The smallest absolute Gasteiger partial charge is 0.164 e. The second-order valence-electron chi connectivity index (χ2n) is 5.82. The topological polar surface area (TPSA) is 66.6 Å². The summed E-state index contributed by atoms with van der Waals surface area (Å²) in [7, 11) is -0.964. The van der Waals surface area contributed by atoms with Gasteiger partial charge in [-0.3, -0.25) is 4.90 Å². The third-order valence-corrected chi connectivity index (χ3v) is 6.96. The molecule has 0 saturated carbocycles. The van der Waals surface area contributed by atoms with Gasteiger partial charge in [0.15, 0.2) is 9.84 Å². The first-order valence-electron chi connectivity index (χ1n) is 6.81. The lowest BCUT2D eigenvalue weighted by Crippen LogP contribution is -2.67. The number of piperidine rings is 1. The number of hydrogen-bond acceptors (Lipinski definition) is 6. The molecule has 2 aliphatic heterocycles. The van der Waals surface area contributed by atoms with Crippen LogP contribution in [0.2, 0.25) is 0 Å². The molecule has 0 aliphatic carbocycles. The number of likely N-dealkylation sites (tertiary alicyclic amines) is 1. The maximum Gasteiger partial charge on any atom is 0.164 e. The fraction of sp³-hybridized carbons (Fsp3) is 1.00. The van der Waals surface area contributed by atoms with Gasteiger partial charge >= 0.3 is 0 Å². The molecular weight excluding hydrogens is 282 g/mol. The Hall–Kier alpha value is 0.180. The first kappa shape index (κ1) is 15.6. The van der Waals surface area contributed by atoms with E-state index in [0.29, 0.717) is 12.3 Å². The van der Waals surface area contributed by atoms with Gasteiger partial charge in [0.25, 0.3) is 0 Å². The summed E-state index contributed by atoms with van der Waals surface area (Å²) >= 11 is 1.73. The van der Waals surface area contributed by atoms with Crippen molar-refractivity contribution >= 4 is 21.6 Å². The number of nitrogens with zero attached hydrogens (tertiary/aromatic N) is 2. The van der Waals surface area contributed by atoms with E-state index in [1.165, 1.54) is 6.26 Å². The van der Waals surface area contributed by atoms with Crippen LogP contribution in [0.5, 0.6) is 0 Å². The SMILES string of the molecule is CN1CCCC(CN)(N2CCSCC2S(C)(=O)=O)C1. The van der Waals surface area contributed by atoms with Crippen molar-refractivity contribution < 1.29 is 8.42 Å². The van der Waals surface area contributed by atoms with Crippen LogP contribution in [0.25, 0.3) is 0 Å². The molecule has 0 aromatic rings. The van der Waals surface area contributed by atoms with Crippen molar-refractivity contribution in [1.29, 1.82) is 0 Å². The Bertz CT molecular complexity index is 415. The molecule has 0 amide bonds. The van der Waals surface area contributed by atoms with Gasteiger partial charge in [-0.15, -0.1) is 0 Å². The molecule has 0 aromatic heterocycles. The fourth-order valence-corrected chi connectivity index (χ4v) is 6.28. The lowest BCUT2D eigenvalue weighted by atomic mass is 9.87. The van der Waals surface area contributed by atoms with Gasteiger partial charge in [-0.05, 0) is 26.4 Å². The lowest BCUT2D eigenvalue weighted by Gasteiger charge is -2.52. The Labute approximate surface area is 120 Å². The lowest BCUT2D eigenvalue weighted by molar-refractivity contribution is 0.0227. The van der Waals surface area contributed by atoms with E-state index in [9.17, 15) is 8.42 Å². The number of thioether (sulfide) groups is 1. The Balaban J connectivity index is 2.29. The van der Waals surface area contributed by atoms with E-state index in [0.717, 1.165) is 38.2 Å². The van der Waals surface area contributed by atoms with Crippen LogP contribution in [0.1, 0.15) is 12.8 Å². The fourth-order valence-electron chi connectivity index (χ4n) is 3.34. The largest absolute Gasteiger partial charge is 0.329 e. The minimum absolute atomic E-state index is 0.165. The van der Waals surface area contributed by atoms with Gasteiger partial charge in [0.05, 0.1) is 0 Å². The highest BCUT2D eigenvalue weighted by Crippen LogP contribution is 2.33. The molecule has 2 aliphatic rings. The molecule has 2 unspecified atom stereocenters. The highest BCUT2D eigenvalue weighted by atomic mass is 32.2. The van der Waals surface area contributed by atoms with Gasteiger partial charge < -0.3 is 10.6 Å². The standard InChI is InChI=1S/C12H25N3O2S2/c1-14-5-3-4-12(9-13,10-14)15-6-7-18-8-11(15)19(2,16)17/h11H,3-10,13H2,1-2H3. The molecule has 0 bridgehead atoms. The maximum atomic E-state index is 12.1. The molecule has 5 nitrogen and oxygen atoms in total. The maximum absolute atomic E-state index is 12.1. The van der Waals surface area contributed by atoms with Gasteiger partial charge in [-0.1, -0.05) is 0 Å². The van der Waals surface area contributed by atoms with Crippen LogP contribution < -0.4 is 5.73 Å². The molecule has 112 valence electrons. The van der Waals surface area contributed by atoms with E-state index in [4.69, 9.17) is 5.73 Å². The van der Waals surface area contributed by atoms with E-state index in [2.05, 4.69) is 16.8 Å². The van der Waals surface area contributed by atoms with Crippen LogP contribution in [-0.4, -0.2) is 80.1 Å². The van der Waals surface area contributed by atoms with E-state index in [1.807, 2.05) is 0 Å². The van der Waals surface area contributed by atoms with Crippen LogP contribution in [0, 0.1) is 0 Å². The second-order valence-corrected chi connectivity index (χ2v) is 9.18. The van der Waals surface area contributed by atoms with E-state index in [1.54, 1.807) is 11.8 Å². The molecule has 2 saturated heterocycles. The molecule has 2 N–H and O–H groups in total. The number of hydrogen-bond donors (Lipinski definition) is 1. The third-order valence-electron chi connectivity index (χ3n) is 4.31. The quantitative estimate of drug-likeness (QED) is 0.781. The summed E-state index contributed by atoms with van der Waals surface area (Å²) in [6.45, 7) is 3.32. The van der Waals surface area contributed by atoms with Crippen molar-refractivity contribution in [2.45, 2.75) is 23.8 Å². The van der Waals surface area contributed by atoms with E-state index >= 15 is 0 Å². The second kappa shape index (κ2) is 5.89. The minimum atomic E-state index is -3.06. The van der Waals surface area contributed by atoms with Crippen molar-refractivity contribution in [1.82, 2.24) is 9.80 Å². The molecule has 2 atom stereocenters. The summed E-state index contributed by atoms with van der Waals surface area (Å²) in [6, 6.07) is 0. The predicted molar refractivity (Wildman–Crippen MR) is 81.2 cm³/mol. The third kappa shape index (κ3) is 3.26. The summed E-state index contributed by atoms with van der Waals surface area (Å²) in [6.07, 6.45) is 3.45. The summed E-state index contributed by atoms with van der Waals surface area (Å²) in [5, 5.41) is -0.374. The van der Waals surface area contributed by atoms with Gasteiger partial charge in [0.1, 0.15) is 5.37 Å². The first-order valence-corrected chi connectivity index (χ1v) is 9.92. The minimum Gasteiger partial charge on any atom is -0.329 e. The zero-order chi connectivity index (χ0) is 14.1. The highest BCUT2D eigenvalue weighted by Gasteiger charge is 2.45. The Morgan fingerprint density at radius 3 is 2.74 bits per heavy atom. The monoisotopic (exact) mass is 307 g/mol. The van der Waals surface area contributed by atoms with Gasteiger partial charge in [-0.25, -0.2) is 8.42 Å². The number of nitrogens with two attached hydrogens (primary N) is 1. The van der Waals surface area contributed by atoms with Gasteiger partial charge in [0.2, 0.25) is 0 Å². The zero-order valence-electron chi connectivity index (χ0n) is 11.8. The van der Waals surface area contributed by atoms with Crippen LogP contribution in [0.15, 0.2) is 0 Å². The van der Waals surface area contributed by atoms with E-state index in [-0.39, 0.29) is 10.9 Å². The van der Waals surface area contributed by atoms with Crippen LogP contribution in [0.3, 0.4) is 0 Å². The molecule has 2 rings (SSSR count). The average molecular weight is 307 g/mol. The summed E-state index contributed by atoms with van der Waals surface area (Å²) < 4.78 is 24.1. The molecule has 19 heavy (non-hydrogen) atoms. The normalized spacial score (nSPS) is 35.4. The zero-order valence-corrected chi connectivity index (χ0v) is 13.5. The van der Waals surface area contributed by atoms with Gasteiger partial charge in [0, 0.05) is 42.9 Å².